The van der Waals surface area contributed by atoms with Crippen LogP contribution in [-0.2, 0) is 6.54 Å². The van der Waals surface area contributed by atoms with Gasteiger partial charge in [-0.05, 0) is 39.1 Å². The maximum absolute atomic E-state index is 3.38. The number of aromatic nitrogens is 1. The molecule has 0 aliphatic heterocycles. The van der Waals surface area contributed by atoms with Crippen molar-refractivity contribution in [1.82, 2.24) is 9.88 Å². The first-order valence-electron chi connectivity index (χ1n) is 5.96. The molecular formula is C15H20N2. The molecule has 0 aliphatic rings. The lowest BCUT2D eigenvalue weighted by atomic mass is 10.0. The van der Waals surface area contributed by atoms with Crippen LogP contribution in [0.5, 0.6) is 0 Å². The van der Waals surface area contributed by atoms with Crippen LogP contribution in [0.25, 0.3) is 11.1 Å². The van der Waals surface area contributed by atoms with E-state index in [4.69, 9.17) is 0 Å². The third-order valence-corrected chi connectivity index (χ3v) is 2.97. The average Bonchev–Trinajstić information content (AvgIpc) is 2.61. The zero-order valence-corrected chi connectivity index (χ0v) is 11.0. The summed E-state index contributed by atoms with van der Waals surface area (Å²) in [6.07, 6.45) is 2.09. The first kappa shape index (κ1) is 11.9. The molecule has 2 heteroatoms. The van der Waals surface area contributed by atoms with Crippen molar-refractivity contribution in [2.75, 3.05) is 14.1 Å². The smallest absolute Gasteiger partial charge is 0.0385 e. The Morgan fingerprint density at radius 1 is 1.06 bits per heavy atom. The highest BCUT2D eigenvalue weighted by molar-refractivity contribution is 5.70. The van der Waals surface area contributed by atoms with E-state index in [9.17, 15) is 0 Å². The molecule has 0 fully saturated rings. The molecule has 90 valence electrons. The van der Waals surface area contributed by atoms with E-state index in [2.05, 4.69) is 68.3 Å². The van der Waals surface area contributed by atoms with Crippen molar-refractivity contribution < 1.29 is 0 Å². The number of aromatic amines is 1. The van der Waals surface area contributed by atoms with E-state index in [1.807, 2.05) is 0 Å². The fraction of sp³-hybridized carbons (Fsp3) is 0.333. The summed E-state index contributed by atoms with van der Waals surface area (Å²) in [7, 11) is 4.18. The average molecular weight is 228 g/mol. The number of nitrogens with one attached hydrogen (secondary N) is 1. The molecular weight excluding hydrogens is 208 g/mol. The highest BCUT2D eigenvalue weighted by atomic mass is 15.1. The van der Waals surface area contributed by atoms with E-state index < -0.39 is 0 Å². The van der Waals surface area contributed by atoms with Gasteiger partial charge in [0.2, 0.25) is 0 Å². The molecule has 2 rings (SSSR count). The van der Waals surface area contributed by atoms with Crippen LogP contribution in [0, 0.1) is 13.8 Å². The minimum atomic E-state index is 0.942. The van der Waals surface area contributed by atoms with Gasteiger partial charge in [-0.25, -0.2) is 0 Å². The summed E-state index contributed by atoms with van der Waals surface area (Å²) in [5.74, 6) is 0. The van der Waals surface area contributed by atoms with Crippen LogP contribution in [0.1, 0.15) is 16.8 Å². The molecule has 0 bridgehead atoms. The van der Waals surface area contributed by atoms with E-state index in [1.165, 1.54) is 27.9 Å². The molecule has 0 saturated heterocycles. The van der Waals surface area contributed by atoms with Gasteiger partial charge in [-0.15, -0.1) is 0 Å². The summed E-state index contributed by atoms with van der Waals surface area (Å²) >= 11 is 0. The van der Waals surface area contributed by atoms with Gasteiger partial charge in [0.15, 0.2) is 0 Å². The summed E-state index contributed by atoms with van der Waals surface area (Å²) in [4.78, 5) is 5.56. The molecule has 0 amide bonds. The summed E-state index contributed by atoms with van der Waals surface area (Å²) in [6.45, 7) is 5.22. The van der Waals surface area contributed by atoms with E-state index in [-0.39, 0.29) is 0 Å². The zero-order chi connectivity index (χ0) is 12.4. The third kappa shape index (κ3) is 2.59. The van der Waals surface area contributed by atoms with Crippen molar-refractivity contribution in [3.8, 4) is 11.1 Å². The molecule has 0 spiro atoms. The Labute approximate surface area is 103 Å². The van der Waals surface area contributed by atoms with E-state index in [0.29, 0.717) is 0 Å². The maximum atomic E-state index is 3.38. The summed E-state index contributed by atoms with van der Waals surface area (Å²) in [6, 6.07) is 8.73. The maximum Gasteiger partial charge on any atom is 0.0385 e. The first-order valence-corrected chi connectivity index (χ1v) is 5.96. The van der Waals surface area contributed by atoms with Gasteiger partial charge in [0, 0.05) is 24.0 Å². The molecule has 0 unspecified atom stereocenters. The number of aryl methyl sites for hydroxylation is 2. The molecule has 1 N–H and O–H groups in total. The van der Waals surface area contributed by atoms with Crippen LogP contribution < -0.4 is 0 Å². The fourth-order valence-corrected chi connectivity index (χ4v) is 2.14. The van der Waals surface area contributed by atoms with Gasteiger partial charge in [-0.3, -0.25) is 0 Å². The number of rotatable bonds is 3. The lowest BCUT2D eigenvalue weighted by molar-refractivity contribution is 0.398. The van der Waals surface area contributed by atoms with Gasteiger partial charge in [-0.1, -0.05) is 29.8 Å². The Bertz CT molecular complexity index is 492. The van der Waals surface area contributed by atoms with Crippen LogP contribution >= 0.6 is 0 Å². The number of nitrogens with zero attached hydrogens (tertiary/aromatic N) is 1. The third-order valence-electron chi connectivity index (χ3n) is 2.97. The first-order chi connectivity index (χ1) is 8.08. The topological polar surface area (TPSA) is 19.0 Å². The Morgan fingerprint density at radius 2 is 1.71 bits per heavy atom. The fourth-order valence-electron chi connectivity index (χ4n) is 2.14. The number of hydrogen-bond donors (Lipinski definition) is 1. The van der Waals surface area contributed by atoms with Crippen molar-refractivity contribution in [2.45, 2.75) is 20.4 Å². The molecule has 0 aliphatic carbocycles. The quantitative estimate of drug-likeness (QED) is 0.853. The van der Waals surface area contributed by atoms with E-state index >= 15 is 0 Å². The molecule has 1 heterocycles. The normalized spacial score (nSPS) is 11.1. The zero-order valence-electron chi connectivity index (χ0n) is 11.0. The number of H-pyrrole nitrogens is 1. The Kier molecular flexibility index (Phi) is 3.34. The summed E-state index contributed by atoms with van der Waals surface area (Å²) in [5.41, 5.74) is 6.54. The molecule has 1 aromatic carbocycles. The lowest BCUT2D eigenvalue weighted by Gasteiger charge is -2.11. The van der Waals surface area contributed by atoms with Crippen molar-refractivity contribution in [3.63, 3.8) is 0 Å². The van der Waals surface area contributed by atoms with Crippen molar-refractivity contribution in [2.24, 2.45) is 0 Å². The Balaban J connectivity index is 2.43. The molecule has 2 aromatic rings. The predicted molar refractivity (Wildman–Crippen MR) is 73.1 cm³/mol. The van der Waals surface area contributed by atoms with Crippen molar-refractivity contribution in [3.05, 3.63) is 47.3 Å². The second-order valence-corrected chi connectivity index (χ2v) is 4.93. The van der Waals surface area contributed by atoms with Gasteiger partial charge in [-0.2, -0.15) is 0 Å². The van der Waals surface area contributed by atoms with Gasteiger partial charge in [0.1, 0.15) is 0 Å². The monoisotopic (exact) mass is 228 g/mol. The van der Waals surface area contributed by atoms with Crippen molar-refractivity contribution in [1.29, 1.82) is 0 Å². The number of benzene rings is 1. The summed E-state index contributed by atoms with van der Waals surface area (Å²) < 4.78 is 0. The van der Waals surface area contributed by atoms with Crippen LogP contribution in [0.2, 0.25) is 0 Å². The Morgan fingerprint density at radius 3 is 2.29 bits per heavy atom. The van der Waals surface area contributed by atoms with Crippen molar-refractivity contribution >= 4 is 0 Å². The van der Waals surface area contributed by atoms with Gasteiger partial charge in [0.25, 0.3) is 0 Å². The minimum Gasteiger partial charge on any atom is -0.363 e. The van der Waals surface area contributed by atoms with Crippen LogP contribution in [-0.4, -0.2) is 24.0 Å². The molecule has 1 aromatic heterocycles. The van der Waals surface area contributed by atoms with Crippen LogP contribution in [0.15, 0.2) is 30.5 Å². The molecule has 0 radical (unpaired) electrons. The SMILES string of the molecule is Cc1ccc(-c2c(C)c[nH]c2CN(C)C)cc1. The minimum absolute atomic E-state index is 0.942. The lowest BCUT2D eigenvalue weighted by Crippen LogP contribution is -2.11. The molecule has 2 nitrogen and oxygen atoms in total. The molecule has 0 atom stereocenters. The highest BCUT2D eigenvalue weighted by Gasteiger charge is 2.10. The highest BCUT2D eigenvalue weighted by Crippen LogP contribution is 2.28. The second kappa shape index (κ2) is 4.76. The predicted octanol–water partition coefficient (Wildman–Crippen LogP) is 3.36. The standard InChI is InChI=1S/C15H20N2/c1-11-5-7-13(8-6-11)15-12(2)9-16-14(15)10-17(3)4/h5-9,16H,10H2,1-4H3. The number of hydrogen-bond acceptors (Lipinski definition) is 1. The van der Waals surface area contributed by atoms with Gasteiger partial charge < -0.3 is 9.88 Å². The van der Waals surface area contributed by atoms with E-state index in [0.717, 1.165) is 6.54 Å². The molecule has 17 heavy (non-hydrogen) atoms. The largest absolute Gasteiger partial charge is 0.363 e. The summed E-state index contributed by atoms with van der Waals surface area (Å²) in [5, 5.41) is 0. The van der Waals surface area contributed by atoms with Gasteiger partial charge in [0.05, 0.1) is 0 Å². The second-order valence-electron chi connectivity index (χ2n) is 4.93. The molecule has 0 saturated carbocycles. The van der Waals surface area contributed by atoms with E-state index in [1.54, 1.807) is 0 Å². The van der Waals surface area contributed by atoms with Crippen LogP contribution in [0.4, 0.5) is 0 Å². The van der Waals surface area contributed by atoms with Crippen LogP contribution in [0.3, 0.4) is 0 Å². The Hall–Kier alpha value is -1.54. The van der Waals surface area contributed by atoms with Gasteiger partial charge >= 0.3 is 0 Å².